The van der Waals surface area contributed by atoms with Gasteiger partial charge in [-0.05, 0) is 18.9 Å². The molecule has 0 N–H and O–H groups in total. The van der Waals surface area contributed by atoms with E-state index in [4.69, 9.17) is 0 Å². The summed E-state index contributed by atoms with van der Waals surface area (Å²) in [6.45, 7) is 11.2. The van der Waals surface area contributed by atoms with Crippen LogP contribution in [0.25, 0.3) is 6.08 Å². The van der Waals surface area contributed by atoms with Crippen LogP contribution in [0, 0.1) is 12.8 Å². The maximum absolute atomic E-state index is 12.1. The zero-order valence-corrected chi connectivity index (χ0v) is 13.3. The molecule has 1 aromatic heterocycles. The van der Waals surface area contributed by atoms with Crippen LogP contribution in [0.3, 0.4) is 0 Å². The second-order valence-corrected chi connectivity index (χ2v) is 6.71. The topological polar surface area (TPSA) is 36.4 Å². The van der Waals surface area contributed by atoms with E-state index in [0.717, 1.165) is 43.4 Å². The van der Waals surface area contributed by atoms with E-state index in [1.165, 1.54) is 0 Å². The molecule has 1 fully saturated rings. The maximum Gasteiger partial charge on any atom is 0.246 e. The minimum absolute atomic E-state index is 0.0971. The van der Waals surface area contributed by atoms with Crippen LogP contribution in [0.5, 0.6) is 0 Å². The third-order valence-corrected chi connectivity index (χ3v) is 4.13. The molecule has 0 saturated carbocycles. The van der Waals surface area contributed by atoms with Crippen LogP contribution in [0.1, 0.15) is 24.5 Å². The van der Waals surface area contributed by atoms with E-state index in [2.05, 4.69) is 23.7 Å². The maximum atomic E-state index is 12.1. The summed E-state index contributed by atoms with van der Waals surface area (Å²) in [5.74, 6) is 0.782. The Labute approximate surface area is 125 Å². The fourth-order valence-corrected chi connectivity index (χ4v) is 2.97. The van der Waals surface area contributed by atoms with E-state index in [1.807, 2.05) is 23.3 Å². The van der Waals surface area contributed by atoms with E-state index in [1.54, 1.807) is 17.4 Å². The monoisotopic (exact) mass is 293 g/mol. The molecule has 0 aromatic carbocycles. The van der Waals surface area contributed by atoms with Crippen molar-refractivity contribution in [2.24, 2.45) is 5.92 Å². The summed E-state index contributed by atoms with van der Waals surface area (Å²) in [5.41, 5.74) is 0.874. The highest BCUT2D eigenvalue weighted by molar-refractivity contribution is 7.09. The minimum atomic E-state index is 0.0971. The molecule has 1 aliphatic heterocycles. The fourth-order valence-electron chi connectivity index (χ4n) is 2.39. The number of nitrogens with zero attached hydrogens (tertiary/aromatic N) is 3. The van der Waals surface area contributed by atoms with Crippen molar-refractivity contribution in [3.8, 4) is 0 Å². The van der Waals surface area contributed by atoms with E-state index >= 15 is 0 Å². The van der Waals surface area contributed by atoms with Gasteiger partial charge in [0.15, 0.2) is 0 Å². The number of amides is 1. The average molecular weight is 293 g/mol. The molecule has 0 radical (unpaired) electrons. The van der Waals surface area contributed by atoms with Gasteiger partial charge in [-0.15, -0.1) is 11.3 Å². The van der Waals surface area contributed by atoms with E-state index < -0.39 is 0 Å². The molecule has 0 spiro atoms. The molecule has 1 amide bonds. The number of carbonyl (C=O) groups excluding carboxylic acids is 1. The number of hydrogen-bond donors (Lipinski definition) is 0. The highest BCUT2D eigenvalue weighted by Gasteiger charge is 2.19. The van der Waals surface area contributed by atoms with Gasteiger partial charge in [0.25, 0.3) is 0 Å². The van der Waals surface area contributed by atoms with Crippen molar-refractivity contribution in [3.05, 3.63) is 22.2 Å². The zero-order valence-electron chi connectivity index (χ0n) is 12.5. The molecule has 1 aromatic rings. The Balaban J connectivity index is 1.81. The molecule has 20 heavy (non-hydrogen) atoms. The summed E-state index contributed by atoms with van der Waals surface area (Å²) in [6, 6.07) is 0. The van der Waals surface area contributed by atoms with Crippen LogP contribution < -0.4 is 0 Å². The second kappa shape index (κ2) is 6.99. The predicted molar refractivity (Wildman–Crippen MR) is 83.7 cm³/mol. The summed E-state index contributed by atoms with van der Waals surface area (Å²) >= 11 is 1.60. The van der Waals surface area contributed by atoms with Gasteiger partial charge < -0.3 is 4.90 Å². The molecule has 2 rings (SSSR count). The number of hydrogen-bond acceptors (Lipinski definition) is 4. The Hall–Kier alpha value is -1.20. The molecule has 0 bridgehead atoms. The van der Waals surface area contributed by atoms with Gasteiger partial charge >= 0.3 is 0 Å². The van der Waals surface area contributed by atoms with Gasteiger partial charge in [0.1, 0.15) is 0 Å². The zero-order chi connectivity index (χ0) is 14.5. The van der Waals surface area contributed by atoms with Crippen LogP contribution in [0.2, 0.25) is 0 Å². The van der Waals surface area contributed by atoms with Crippen LogP contribution in [-0.4, -0.2) is 53.4 Å². The molecule has 4 nitrogen and oxygen atoms in total. The largest absolute Gasteiger partial charge is 0.337 e. The van der Waals surface area contributed by atoms with Gasteiger partial charge in [-0.3, -0.25) is 9.69 Å². The number of thiazole rings is 1. The first-order chi connectivity index (χ1) is 9.54. The van der Waals surface area contributed by atoms with Crippen molar-refractivity contribution in [3.63, 3.8) is 0 Å². The first-order valence-electron chi connectivity index (χ1n) is 7.16. The second-order valence-electron chi connectivity index (χ2n) is 5.64. The third kappa shape index (κ3) is 4.42. The van der Waals surface area contributed by atoms with Crippen LogP contribution >= 0.6 is 11.3 Å². The summed E-state index contributed by atoms with van der Waals surface area (Å²) in [7, 11) is 0. The summed E-state index contributed by atoms with van der Waals surface area (Å²) in [5, 5.41) is 3.00. The van der Waals surface area contributed by atoms with Crippen LogP contribution in [-0.2, 0) is 4.79 Å². The van der Waals surface area contributed by atoms with Crippen molar-refractivity contribution in [2.45, 2.75) is 20.8 Å². The van der Waals surface area contributed by atoms with Crippen molar-refractivity contribution < 1.29 is 4.79 Å². The summed E-state index contributed by atoms with van der Waals surface area (Å²) < 4.78 is 0. The smallest absolute Gasteiger partial charge is 0.246 e. The number of carbonyl (C=O) groups is 1. The molecular formula is C15H23N3OS. The molecule has 1 aliphatic rings. The number of aryl methyl sites for hydroxylation is 1. The van der Waals surface area contributed by atoms with E-state index in [-0.39, 0.29) is 5.91 Å². The molecular weight excluding hydrogens is 270 g/mol. The summed E-state index contributed by atoms with van der Waals surface area (Å²) in [4.78, 5) is 20.8. The lowest BCUT2D eigenvalue weighted by Crippen LogP contribution is -2.49. The Morgan fingerprint density at radius 1 is 1.40 bits per heavy atom. The Morgan fingerprint density at radius 3 is 2.65 bits per heavy atom. The normalized spacial score (nSPS) is 17.3. The quantitative estimate of drug-likeness (QED) is 0.799. The Bertz CT molecular complexity index is 473. The van der Waals surface area contributed by atoms with Crippen molar-refractivity contribution >= 4 is 23.3 Å². The molecule has 5 heteroatoms. The molecule has 0 atom stereocenters. The summed E-state index contributed by atoms with van der Waals surface area (Å²) in [6.07, 6.45) is 3.46. The van der Waals surface area contributed by atoms with Crippen LogP contribution in [0.4, 0.5) is 0 Å². The first-order valence-corrected chi connectivity index (χ1v) is 8.04. The highest BCUT2D eigenvalue weighted by atomic mass is 32.1. The van der Waals surface area contributed by atoms with Crippen molar-refractivity contribution in [1.82, 2.24) is 14.8 Å². The van der Waals surface area contributed by atoms with Crippen molar-refractivity contribution in [1.29, 1.82) is 0 Å². The molecule has 1 saturated heterocycles. The number of piperazine rings is 1. The molecule has 2 heterocycles. The fraction of sp³-hybridized carbons (Fsp3) is 0.600. The number of aromatic nitrogens is 1. The minimum Gasteiger partial charge on any atom is -0.337 e. The van der Waals surface area contributed by atoms with Gasteiger partial charge in [-0.2, -0.15) is 0 Å². The predicted octanol–water partition coefficient (Wildman–Crippen LogP) is 2.26. The Kier molecular flexibility index (Phi) is 5.31. The standard InChI is InChI=1S/C15H23N3OS/c1-12(2)10-17-6-8-18(9-7-17)15(19)5-4-14-11-20-13(3)16-14/h4-5,11-12H,6-10H2,1-3H3/b5-4+. The van der Waals surface area contributed by atoms with Gasteiger partial charge in [-0.1, -0.05) is 13.8 Å². The van der Waals surface area contributed by atoms with Crippen molar-refractivity contribution in [2.75, 3.05) is 32.7 Å². The molecule has 110 valence electrons. The van der Waals surface area contributed by atoms with E-state index in [0.29, 0.717) is 5.92 Å². The number of rotatable bonds is 4. The highest BCUT2D eigenvalue weighted by Crippen LogP contribution is 2.10. The lowest BCUT2D eigenvalue weighted by Gasteiger charge is -2.35. The lowest BCUT2D eigenvalue weighted by atomic mass is 10.2. The van der Waals surface area contributed by atoms with Gasteiger partial charge in [0.05, 0.1) is 10.7 Å². The lowest BCUT2D eigenvalue weighted by molar-refractivity contribution is -0.127. The van der Waals surface area contributed by atoms with E-state index in [9.17, 15) is 4.79 Å². The Morgan fingerprint density at radius 2 is 2.10 bits per heavy atom. The first kappa shape index (κ1) is 15.2. The van der Waals surface area contributed by atoms with Gasteiger partial charge in [0.2, 0.25) is 5.91 Å². The SMILES string of the molecule is Cc1nc(/C=C/C(=O)N2CCN(CC(C)C)CC2)cs1. The molecule has 0 unspecified atom stereocenters. The third-order valence-electron chi connectivity index (χ3n) is 3.34. The van der Waals surface area contributed by atoms with Gasteiger partial charge in [0, 0.05) is 44.2 Å². The molecule has 0 aliphatic carbocycles. The van der Waals surface area contributed by atoms with Crippen LogP contribution in [0.15, 0.2) is 11.5 Å². The van der Waals surface area contributed by atoms with Gasteiger partial charge in [-0.25, -0.2) is 4.98 Å². The average Bonchev–Trinajstić information content (AvgIpc) is 2.82.